The van der Waals surface area contributed by atoms with Crippen LogP contribution in [0.1, 0.15) is 25.8 Å². The molecule has 1 aliphatic heterocycles. The first-order valence-corrected chi connectivity index (χ1v) is 8.56. The molecule has 0 spiro atoms. The van der Waals surface area contributed by atoms with E-state index in [0.29, 0.717) is 10.6 Å². The van der Waals surface area contributed by atoms with Gasteiger partial charge in [-0.15, -0.1) is 11.6 Å². The standard InChI is InChI=1S/C14H19BrClNS/c1-14(2)5-6-17(7-8-18-14)13-9-12(15)4-3-11(13)10-16/h3-4,9H,5-8,10H2,1-2H3. The van der Waals surface area contributed by atoms with Crippen LogP contribution in [0.25, 0.3) is 0 Å². The maximum atomic E-state index is 6.05. The normalized spacial score (nSPS) is 19.7. The third kappa shape index (κ3) is 3.58. The highest BCUT2D eigenvalue weighted by atomic mass is 79.9. The molecular weight excluding hydrogens is 330 g/mol. The van der Waals surface area contributed by atoms with E-state index in [-0.39, 0.29) is 0 Å². The van der Waals surface area contributed by atoms with E-state index >= 15 is 0 Å². The van der Waals surface area contributed by atoms with E-state index in [1.807, 2.05) is 0 Å². The van der Waals surface area contributed by atoms with Gasteiger partial charge in [-0.05, 0) is 24.1 Å². The van der Waals surface area contributed by atoms with Gasteiger partial charge in [0.2, 0.25) is 0 Å². The van der Waals surface area contributed by atoms with Crippen LogP contribution in [0.3, 0.4) is 0 Å². The maximum absolute atomic E-state index is 6.05. The number of anilines is 1. The molecule has 0 bridgehead atoms. The average molecular weight is 349 g/mol. The van der Waals surface area contributed by atoms with Crippen LogP contribution >= 0.6 is 39.3 Å². The van der Waals surface area contributed by atoms with E-state index < -0.39 is 0 Å². The predicted molar refractivity (Wildman–Crippen MR) is 87.1 cm³/mol. The largest absolute Gasteiger partial charge is 0.370 e. The van der Waals surface area contributed by atoms with E-state index in [2.05, 4.69) is 64.6 Å². The van der Waals surface area contributed by atoms with Crippen LogP contribution in [-0.2, 0) is 5.88 Å². The van der Waals surface area contributed by atoms with Gasteiger partial charge in [-0.25, -0.2) is 0 Å². The van der Waals surface area contributed by atoms with Crippen molar-refractivity contribution in [1.29, 1.82) is 0 Å². The molecule has 0 unspecified atom stereocenters. The Balaban J connectivity index is 2.23. The third-order valence-corrected chi connectivity index (χ3v) is 5.52. The van der Waals surface area contributed by atoms with Crippen molar-refractivity contribution in [1.82, 2.24) is 0 Å². The highest BCUT2D eigenvalue weighted by Gasteiger charge is 2.24. The molecule has 1 aromatic rings. The number of alkyl halides is 1. The van der Waals surface area contributed by atoms with Crippen LogP contribution in [0, 0.1) is 0 Å². The number of rotatable bonds is 2. The molecule has 1 fully saturated rings. The highest BCUT2D eigenvalue weighted by molar-refractivity contribution is 9.10. The fourth-order valence-electron chi connectivity index (χ4n) is 2.21. The lowest BCUT2D eigenvalue weighted by Gasteiger charge is -2.26. The van der Waals surface area contributed by atoms with E-state index in [1.165, 1.54) is 23.4 Å². The molecular formula is C14H19BrClNS. The molecule has 0 aliphatic carbocycles. The van der Waals surface area contributed by atoms with Crippen LogP contribution in [0.5, 0.6) is 0 Å². The Labute approximate surface area is 127 Å². The molecule has 1 aromatic carbocycles. The average Bonchev–Trinajstić information content (AvgIpc) is 2.50. The van der Waals surface area contributed by atoms with Crippen LogP contribution in [0.4, 0.5) is 5.69 Å². The summed E-state index contributed by atoms with van der Waals surface area (Å²) in [6, 6.07) is 6.38. The van der Waals surface area contributed by atoms with Gasteiger partial charge in [-0.2, -0.15) is 11.8 Å². The van der Waals surface area contributed by atoms with Gasteiger partial charge >= 0.3 is 0 Å². The molecule has 1 aliphatic rings. The Kier molecular flexibility index (Phi) is 4.90. The van der Waals surface area contributed by atoms with E-state index in [1.54, 1.807) is 0 Å². The monoisotopic (exact) mass is 347 g/mol. The minimum absolute atomic E-state index is 0.391. The molecule has 18 heavy (non-hydrogen) atoms. The SMILES string of the molecule is CC1(C)CCN(c2cc(Br)ccc2CCl)CCS1. The van der Waals surface area contributed by atoms with Crippen molar-refractivity contribution in [3.05, 3.63) is 28.2 Å². The molecule has 2 rings (SSSR count). The zero-order chi connectivity index (χ0) is 13.2. The van der Waals surface area contributed by atoms with Gasteiger partial charge in [0, 0.05) is 39.6 Å². The highest BCUT2D eigenvalue weighted by Crippen LogP contribution is 2.34. The molecule has 0 aromatic heterocycles. The summed E-state index contributed by atoms with van der Waals surface area (Å²) in [7, 11) is 0. The topological polar surface area (TPSA) is 3.24 Å². The minimum atomic E-state index is 0.391. The van der Waals surface area contributed by atoms with Gasteiger partial charge in [0.05, 0.1) is 0 Å². The molecule has 4 heteroatoms. The van der Waals surface area contributed by atoms with Crippen molar-refractivity contribution in [2.75, 3.05) is 23.7 Å². The lowest BCUT2D eigenvalue weighted by Crippen LogP contribution is -2.27. The molecule has 0 N–H and O–H groups in total. The van der Waals surface area contributed by atoms with Crippen molar-refractivity contribution in [3.63, 3.8) is 0 Å². The Bertz CT molecular complexity index is 422. The quantitative estimate of drug-likeness (QED) is 0.699. The maximum Gasteiger partial charge on any atom is 0.0494 e. The van der Waals surface area contributed by atoms with Crippen LogP contribution in [0.2, 0.25) is 0 Å². The van der Waals surface area contributed by atoms with Crippen molar-refractivity contribution in [2.45, 2.75) is 30.9 Å². The second kappa shape index (κ2) is 6.06. The lowest BCUT2D eigenvalue weighted by atomic mass is 10.1. The molecule has 0 saturated carbocycles. The fraction of sp³-hybridized carbons (Fsp3) is 0.571. The van der Waals surface area contributed by atoms with Gasteiger partial charge in [0.1, 0.15) is 0 Å². The first-order valence-electron chi connectivity index (χ1n) is 6.25. The Morgan fingerprint density at radius 2 is 2.17 bits per heavy atom. The van der Waals surface area contributed by atoms with Gasteiger partial charge in [0.25, 0.3) is 0 Å². The van der Waals surface area contributed by atoms with E-state index in [4.69, 9.17) is 11.6 Å². The lowest BCUT2D eigenvalue weighted by molar-refractivity contribution is 0.637. The Morgan fingerprint density at radius 3 is 2.89 bits per heavy atom. The van der Waals surface area contributed by atoms with Gasteiger partial charge < -0.3 is 4.90 Å². The summed E-state index contributed by atoms with van der Waals surface area (Å²) in [6.07, 6.45) is 1.21. The zero-order valence-corrected chi connectivity index (χ0v) is 14.0. The summed E-state index contributed by atoms with van der Waals surface area (Å²) < 4.78 is 1.52. The predicted octanol–water partition coefficient (Wildman–Crippen LogP) is 4.91. The van der Waals surface area contributed by atoms with Crippen LogP contribution < -0.4 is 4.90 Å². The van der Waals surface area contributed by atoms with Crippen LogP contribution in [0.15, 0.2) is 22.7 Å². The van der Waals surface area contributed by atoms with Gasteiger partial charge in [-0.1, -0.05) is 35.8 Å². The number of hydrogen-bond acceptors (Lipinski definition) is 2. The summed E-state index contributed by atoms with van der Waals surface area (Å²) in [5.74, 6) is 1.76. The van der Waals surface area contributed by atoms with Gasteiger partial charge in [-0.3, -0.25) is 0 Å². The summed E-state index contributed by atoms with van der Waals surface area (Å²) in [6.45, 7) is 6.89. The van der Waals surface area contributed by atoms with Crippen LogP contribution in [-0.4, -0.2) is 23.6 Å². The molecule has 0 radical (unpaired) electrons. The Morgan fingerprint density at radius 1 is 1.39 bits per heavy atom. The molecule has 1 nitrogen and oxygen atoms in total. The molecule has 0 amide bonds. The summed E-state index contributed by atoms with van der Waals surface area (Å²) in [5, 5.41) is 0. The summed E-state index contributed by atoms with van der Waals surface area (Å²) in [5.41, 5.74) is 2.52. The Hall–Kier alpha value is 0.140. The number of nitrogens with zero attached hydrogens (tertiary/aromatic N) is 1. The first-order chi connectivity index (χ1) is 8.52. The van der Waals surface area contributed by atoms with Crippen molar-refractivity contribution in [2.24, 2.45) is 0 Å². The van der Waals surface area contributed by atoms with Crippen molar-refractivity contribution in [3.8, 4) is 0 Å². The number of hydrogen-bond donors (Lipinski definition) is 0. The number of thioether (sulfide) groups is 1. The molecule has 100 valence electrons. The number of benzene rings is 1. The molecule has 1 saturated heterocycles. The van der Waals surface area contributed by atoms with E-state index in [9.17, 15) is 0 Å². The second-order valence-corrected chi connectivity index (χ2v) is 8.24. The zero-order valence-electron chi connectivity index (χ0n) is 10.9. The second-order valence-electron chi connectivity index (χ2n) is 5.25. The smallest absolute Gasteiger partial charge is 0.0494 e. The fourth-order valence-corrected chi connectivity index (χ4v) is 3.88. The molecule has 0 atom stereocenters. The van der Waals surface area contributed by atoms with Crippen molar-refractivity contribution >= 4 is 45.0 Å². The van der Waals surface area contributed by atoms with Gasteiger partial charge in [0.15, 0.2) is 0 Å². The minimum Gasteiger partial charge on any atom is -0.370 e. The van der Waals surface area contributed by atoms with E-state index in [0.717, 1.165) is 17.6 Å². The third-order valence-electron chi connectivity index (χ3n) is 3.37. The summed E-state index contributed by atoms with van der Waals surface area (Å²) in [4.78, 5) is 2.48. The molecule has 1 heterocycles. The first kappa shape index (κ1) is 14.5. The summed E-state index contributed by atoms with van der Waals surface area (Å²) >= 11 is 11.7. The van der Waals surface area contributed by atoms with Crippen molar-refractivity contribution < 1.29 is 0 Å². The number of halogens is 2.